The average Bonchev–Trinajstić information content (AvgIpc) is 3.50. The lowest BCUT2D eigenvalue weighted by atomic mass is 9.99. The maximum absolute atomic E-state index is 15.7. The van der Waals surface area contributed by atoms with E-state index >= 15 is 4.39 Å². The molecule has 3 heterocycles. The van der Waals surface area contributed by atoms with Crippen LogP contribution in [0.5, 0.6) is 5.75 Å². The van der Waals surface area contributed by atoms with Crippen LogP contribution in [0.4, 0.5) is 13.2 Å². The predicted molar refractivity (Wildman–Crippen MR) is 124 cm³/mol. The number of alkyl halides is 1. The summed E-state index contributed by atoms with van der Waals surface area (Å²) in [5.74, 6) is -1.18. The molecule has 0 radical (unpaired) electrons. The fraction of sp³-hybridized carbons (Fsp3) is 0.259. The molecule has 5 nitrogen and oxygen atoms in total. The number of ether oxygens (including phenoxy) is 1. The third kappa shape index (κ3) is 3.47. The number of nitrogens with zero attached hydrogens (tertiary/aromatic N) is 2. The number of hydrogen-bond acceptors (Lipinski definition) is 3. The summed E-state index contributed by atoms with van der Waals surface area (Å²) in [4.78, 5) is 13.5. The molecule has 4 aromatic rings. The zero-order valence-electron chi connectivity index (χ0n) is 18.9. The third-order valence-corrected chi connectivity index (χ3v) is 6.81. The molecule has 0 spiro atoms. The molecule has 1 fully saturated rings. The second-order valence-corrected chi connectivity index (χ2v) is 9.12. The summed E-state index contributed by atoms with van der Waals surface area (Å²) in [6.07, 6.45) is 1.07. The van der Waals surface area contributed by atoms with Gasteiger partial charge < -0.3 is 10.1 Å². The van der Waals surface area contributed by atoms with Gasteiger partial charge in [0, 0.05) is 17.5 Å². The minimum absolute atomic E-state index is 0.110. The van der Waals surface area contributed by atoms with Gasteiger partial charge in [-0.2, -0.15) is 5.10 Å². The number of pyridine rings is 1. The van der Waals surface area contributed by atoms with Crippen LogP contribution < -0.4 is 10.1 Å². The highest BCUT2D eigenvalue weighted by atomic mass is 19.1. The number of fused-ring (bicyclic) bond motifs is 2. The molecule has 1 amide bonds. The summed E-state index contributed by atoms with van der Waals surface area (Å²) >= 11 is 0. The monoisotopic (exact) mass is 477 g/mol. The standard InChI is InChI=1S/C27H22F3N3O2/c1-15-23(24-18(28)6-4-7-19(24)29)21-10-9-17(25(33(21)32-15)27(30)12-13-27)26(34)31-20-11-14-35-22-8-3-2-5-16(20)22/h2-10,20H,11-14H2,1H3,(H,31,34)/t20-/m0/s1. The van der Waals surface area contributed by atoms with Crippen molar-refractivity contribution in [1.29, 1.82) is 0 Å². The molecule has 178 valence electrons. The van der Waals surface area contributed by atoms with Gasteiger partial charge in [0.1, 0.15) is 17.4 Å². The summed E-state index contributed by atoms with van der Waals surface area (Å²) in [5.41, 5.74) is 0.117. The SMILES string of the molecule is Cc1nn2c(C3(F)CC3)c(C(=O)N[C@H]3CCOc4ccccc43)ccc2c1-c1c(F)cccc1F. The summed E-state index contributed by atoms with van der Waals surface area (Å²) in [7, 11) is 0. The Morgan fingerprint density at radius 3 is 2.54 bits per heavy atom. The Morgan fingerprint density at radius 1 is 1.06 bits per heavy atom. The van der Waals surface area contributed by atoms with Crippen molar-refractivity contribution >= 4 is 11.4 Å². The van der Waals surface area contributed by atoms with E-state index < -0.39 is 23.2 Å². The number of halogens is 3. The van der Waals surface area contributed by atoms with Crippen molar-refractivity contribution in [3.05, 3.63) is 88.7 Å². The van der Waals surface area contributed by atoms with Crippen molar-refractivity contribution in [2.45, 2.75) is 37.9 Å². The Balaban J connectivity index is 1.47. The Morgan fingerprint density at radius 2 is 1.80 bits per heavy atom. The van der Waals surface area contributed by atoms with Gasteiger partial charge in [0.25, 0.3) is 5.91 Å². The number of aryl methyl sites for hydroxylation is 1. The van der Waals surface area contributed by atoms with E-state index in [4.69, 9.17) is 4.74 Å². The Bertz CT molecular complexity index is 1470. The molecule has 35 heavy (non-hydrogen) atoms. The first kappa shape index (κ1) is 21.7. The second-order valence-electron chi connectivity index (χ2n) is 9.12. The molecule has 0 bridgehead atoms. The van der Waals surface area contributed by atoms with E-state index in [0.29, 0.717) is 30.0 Å². The Labute approximate surface area is 199 Å². The minimum Gasteiger partial charge on any atom is -0.493 e. The number of nitrogens with one attached hydrogen (secondary N) is 1. The number of benzene rings is 2. The molecule has 1 N–H and O–H groups in total. The van der Waals surface area contributed by atoms with Crippen molar-refractivity contribution in [2.75, 3.05) is 6.61 Å². The van der Waals surface area contributed by atoms with Crippen molar-refractivity contribution in [1.82, 2.24) is 14.9 Å². The van der Waals surface area contributed by atoms with Gasteiger partial charge in [-0.25, -0.2) is 17.7 Å². The summed E-state index contributed by atoms with van der Waals surface area (Å²) < 4.78 is 52.0. The lowest BCUT2D eigenvalue weighted by Crippen LogP contribution is -2.33. The van der Waals surface area contributed by atoms with Crippen LogP contribution in [-0.4, -0.2) is 22.1 Å². The molecule has 1 saturated carbocycles. The maximum atomic E-state index is 15.7. The van der Waals surface area contributed by atoms with Gasteiger partial charge in [-0.3, -0.25) is 4.79 Å². The number of hydrogen-bond donors (Lipinski definition) is 1. The van der Waals surface area contributed by atoms with E-state index in [2.05, 4.69) is 10.4 Å². The van der Waals surface area contributed by atoms with Crippen LogP contribution in [0, 0.1) is 18.6 Å². The van der Waals surface area contributed by atoms with Crippen molar-refractivity contribution < 1.29 is 22.7 Å². The molecule has 0 saturated heterocycles. The highest BCUT2D eigenvalue weighted by molar-refractivity contribution is 5.97. The van der Waals surface area contributed by atoms with Gasteiger partial charge in [-0.15, -0.1) is 0 Å². The van der Waals surface area contributed by atoms with E-state index in [-0.39, 0.29) is 41.3 Å². The first-order valence-electron chi connectivity index (χ1n) is 11.6. The maximum Gasteiger partial charge on any atom is 0.253 e. The third-order valence-electron chi connectivity index (χ3n) is 6.81. The molecule has 1 aliphatic carbocycles. The molecule has 0 unspecified atom stereocenters. The lowest BCUT2D eigenvalue weighted by molar-refractivity contribution is 0.0919. The van der Waals surface area contributed by atoms with Crippen LogP contribution in [0.2, 0.25) is 0 Å². The lowest BCUT2D eigenvalue weighted by Gasteiger charge is -2.27. The topological polar surface area (TPSA) is 55.6 Å². The van der Waals surface area contributed by atoms with Crippen LogP contribution >= 0.6 is 0 Å². The molecule has 1 aliphatic heterocycles. The van der Waals surface area contributed by atoms with Crippen molar-refractivity contribution in [3.8, 4) is 16.9 Å². The smallest absolute Gasteiger partial charge is 0.253 e. The molecule has 2 aliphatic rings. The van der Waals surface area contributed by atoms with E-state index in [0.717, 1.165) is 5.56 Å². The number of aromatic nitrogens is 2. The van der Waals surface area contributed by atoms with E-state index in [1.165, 1.54) is 28.8 Å². The number of amides is 1. The zero-order valence-corrected chi connectivity index (χ0v) is 18.9. The Hall–Kier alpha value is -3.81. The molecular weight excluding hydrogens is 455 g/mol. The summed E-state index contributed by atoms with van der Waals surface area (Å²) in [6, 6.07) is 13.9. The Kier molecular flexibility index (Phi) is 4.88. The number of carbonyl (C=O) groups excluding carboxylic acids is 1. The summed E-state index contributed by atoms with van der Waals surface area (Å²) in [5, 5.41) is 7.47. The molecule has 2 aromatic carbocycles. The van der Waals surface area contributed by atoms with E-state index in [1.54, 1.807) is 13.0 Å². The van der Waals surface area contributed by atoms with Crippen molar-refractivity contribution in [2.24, 2.45) is 0 Å². The van der Waals surface area contributed by atoms with Crippen molar-refractivity contribution in [3.63, 3.8) is 0 Å². The van der Waals surface area contributed by atoms with Crippen LogP contribution in [0.25, 0.3) is 16.6 Å². The second kappa shape index (κ2) is 7.86. The van der Waals surface area contributed by atoms with Gasteiger partial charge in [-0.05, 0) is 50.1 Å². The van der Waals surface area contributed by atoms with Gasteiger partial charge in [0.05, 0.1) is 40.7 Å². The van der Waals surface area contributed by atoms with E-state index in [9.17, 15) is 13.6 Å². The van der Waals surface area contributed by atoms with Gasteiger partial charge in [0.2, 0.25) is 0 Å². The predicted octanol–water partition coefficient (Wildman–Crippen LogP) is 5.80. The van der Waals surface area contributed by atoms with Gasteiger partial charge in [0.15, 0.2) is 5.67 Å². The highest BCUT2D eigenvalue weighted by Crippen LogP contribution is 2.51. The van der Waals surface area contributed by atoms with Crippen LogP contribution in [0.1, 0.15) is 52.6 Å². The first-order chi connectivity index (χ1) is 16.9. The van der Waals surface area contributed by atoms with Crippen LogP contribution in [-0.2, 0) is 5.67 Å². The highest BCUT2D eigenvalue weighted by Gasteiger charge is 2.50. The van der Waals surface area contributed by atoms with Gasteiger partial charge in [-0.1, -0.05) is 24.3 Å². The fourth-order valence-corrected chi connectivity index (χ4v) is 4.96. The molecule has 1 atom stereocenters. The van der Waals surface area contributed by atoms with E-state index in [1.807, 2.05) is 24.3 Å². The van der Waals surface area contributed by atoms with Crippen LogP contribution in [0.15, 0.2) is 54.6 Å². The molecule has 8 heteroatoms. The zero-order chi connectivity index (χ0) is 24.3. The molecule has 2 aromatic heterocycles. The number of rotatable bonds is 4. The largest absolute Gasteiger partial charge is 0.493 e. The van der Waals surface area contributed by atoms with Gasteiger partial charge >= 0.3 is 0 Å². The normalized spacial score (nSPS) is 18.1. The first-order valence-corrected chi connectivity index (χ1v) is 11.6. The minimum atomic E-state index is -1.73. The molecule has 6 rings (SSSR count). The number of para-hydroxylation sites is 1. The molecular formula is C27H22F3N3O2. The quantitative estimate of drug-likeness (QED) is 0.404. The average molecular weight is 477 g/mol. The fourth-order valence-electron chi connectivity index (χ4n) is 4.96. The number of carbonyl (C=O) groups is 1. The van der Waals surface area contributed by atoms with Crippen LogP contribution in [0.3, 0.4) is 0 Å². The summed E-state index contributed by atoms with van der Waals surface area (Å²) in [6.45, 7) is 2.07.